The van der Waals surface area contributed by atoms with Gasteiger partial charge in [-0.05, 0) is 52.1 Å². The zero-order chi connectivity index (χ0) is 18.3. The Bertz CT molecular complexity index is 1020. The van der Waals surface area contributed by atoms with Gasteiger partial charge in [0.05, 0.1) is 0 Å². The van der Waals surface area contributed by atoms with Crippen molar-refractivity contribution in [2.75, 3.05) is 0 Å². The van der Waals surface area contributed by atoms with Crippen LogP contribution in [0.5, 0.6) is 0 Å². The van der Waals surface area contributed by atoms with Crippen molar-refractivity contribution >= 4 is 33.5 Å². The minimum absolute atomic E-state index is 0.359. The standard InChI is InChI=1S/C22H20O4/c1-13(23)25-21-10-9-18-19(22(21)26-14(2)24)8-7-17-11-15-5-3-4-6-16(15)12-20(17)18/h3-8,11-12,21-22H,9-10H2,1-2H3/t21-,22-/m1/s1. The first-order chi connectivity index (χ1) is 12.5. The first-order valence-electron chi connectivity index (χ1n) is 8.81. The fourth-order valence-electron chi connectivity index (χ4n) is 3.93. The van der Waals surface area contributed by atoms with Crippen molar-refractivity contribution in [1.82, 2.24) is 0 Å². The second-order valence-corrected chi connectivity index (χ2v) is 6.77. The van der Waals surface area contributed by atoms with Crippen LogP contribution in [-0.2, 0) is 25.5 Å². The maximum absolute atomic E-state index is 11.6. The van der Waals surface area contributed by atoms with E-state index in [1.54, 1.807) is 0 Å². The van der Waals surface area contributed by atoms with E-state index in [0.717, 1.165) is 17.4 Å². The molecule has 0 radical (unpaired) electrons. The minimum Gasteiger partial charge on any atom is -0.458 e. The van der Waals surface area contributed by atoms with Crippen molar-refractivity contribution in [2.24, 2.45) is 0 Å². The number of carbonyl (C=O) groups is 2. The summed E-state index contributed by atoms with van der Waals surface area (Å²) in [4.78, 5) is 23.1. The van der Waals surface area contributed by atoms with Crippen LogP contribution in [0, 0.1) is 0 Å². The number of hydrogen-bond acceptors (Lipinski definition) is 4. The fourth-order valence-corrected chi connectivity index (χ4v) is 3.93. The van der Waals surface area contributed by atoms with E-state index in [0.29, 0.717) is 6.42 Å². The molecule has 26 heavy (non-hydrogen) atoms. The Labute approximate surface area is 151 Å². The average molecular weight is 348 g/mol. The van der Waals surface area contributed by atoms with Crippen LogP contribution in [-0.4, -0.2) is 18.0 Å². The minimum atomic E-state index is -0.559. The fraction of sp³-hybridized carbons (Fsp3) is 0.273. The van der Waals surface area contributed by atoms with Gasteiger partial charge >= 0.3 is 11.9 Å². The predicted molar refractivity (Wildman–Crippen MR) is 99.8 cm³/mol. The SMILES string of the molecule is CC(=O)O[C@@H]1c2ccc3cc4ccccc4cc3c2CC[C@H]1OC(C)=O. The van der Waals surface area contributed by atoms with Gasteiger partial charge in [0.2, 0.25) is 0 Å². The number of carbonyl (C=O) groups excluding carboxylic acids is 2. The molecule has 0 saturated heterocycles. The van der Waals surface area contributed by atoms with E-state index in [2.05, 4.69) is 24.3 Å². The van der Waals surface area contributed by atoms with Crippen LogP contribution < -0.4 is 0 Å². The summed E-state index contributed by atoms with van der Waals surface area (Å²) in [5.41, 5.74) is 2.10. The Balaban J connectivity index is 1.88. The molecule has 1 aliphatic rings. The van der Waals surface area contributed by atoms with Gasteiger partial charge in [-0.3, -0.25) is 9.59 Å². The largest absolute Gasteiger partial charge is 0.458 e. The summed E-state index contributed by atoms with van der Waals surface area (Å²) < 4.78 is 11.0. The molecule has 0 aromatic heterocycles. The molecule has 0 saturated carbocycles. The molecule has 0 fully saturated rings. The third kappa shape index (κ3) is 2.92. The summed E-state index contributed by atoms with van der Waals surface area (Å²) in [6.07, 6.45) is 0.412. The number of esters is 2. The number of benzene rings is 3. The highest BCUT2D eigenvalue weighted by Gasteiger charge is 2.35. The first-order valence-corrected chi connectivity index (χ1v) is 8.81. The van der Waals surface area contributed by atoms with Gasteiger partial charge in [0.1, 0.15) is 6.10 Å². The monoisotopic (exact) mass is 348 g/mol. The Morgan fingerprint density at radius 2 is 1.58 bits per heavy atom. The van der Waals surface area contributed by atoms with Crippen LogP contribution in [0.25, 0.3) is 21.5 Å². The molecule has 3 aromatic rings. The Morgan fingerprint density at radius 3 is 2.27 bits per heavy atom. The van der Waals surface area contributed by atoms with E-state index < -0.39 is 12.2 Å². The van der Waals surface area contributed by atoms with E-state index in [1.807, 2.05) is 24.3 Å². The number of aryl methyl sites for hydroxylation is 1. The van der Waals surface area contributed by atoms with Crippen LogP contribution in [0.1, 0.15) is 37.5 Å². The van der Waals surface area contributed by atoms with Crippen LogP contribution in [0.3, 0.4) is 0 Å². The van der Waals surface area contributed by atoms with Gasteiger partial charge in [0.25, 0.3) is 0 Å². The summed E-state index contributed by atoms with van der Waals surface area (Å²) in [6.45, 7) is 2.76. The molecule has 1 aliphatic carbocycles. The quantitative estimate of drug-likeness (QED) is 0.506. The number of rotatable bonds is 2. The van der Waals surface area contributed by atoms with E-state index in [1.165, 1.54) is 35.6 Å². The summed E-state index contributed by atoms with van der Waals surface area (Å²) in [6, 6.07) is 16.7. The lowest BCUT2D eigenvalue weighted by Gasteiger charge is -2.33. The molecule has 0 bridgehead atoms. The molecule has 0 heterocycles. The van der Waals surface area contributed by atoms with Gasteiger partial charge in [-0.15, -0.1) is 0 Å². The Kier molecular flexibility index (Phi) is 4.11. The summed E-state index contributed by atoms with van der Waals surface area (Å²) in [5, 5.41) is 4.71. The molecule has 0 spiro atoms. The summed E-state index contributed by atoms with van der Waals surface area (Å²) in [7, 11) is 0. The molecular formula is C22H20O4. The molecule has 0 aliphatic heterocycles. The average Bonchev–Trinajstić information content (AvgIpc) is 2.61. The lowest BCUT2D eigenvalue weighted by Crippen LogP contribution is -2.32. The lowest BCUT2D eigenvalue weighted by atomic mass is 9.83. The highest BCUT2D eigenvalue weighted by atomic mass is 16.6. The predicted octanol–water partition coefficient (Wildman–Crippen LogP) is 4.48. The second-order valence-electron chi connectivity index (χ2n) is 6.77. The van der Waals surface area contributed by atoms with Crippen LogP contribution in [0.15, 0.2) is 48.5 Å². The molecular weight excluding hydrogens is 328 g/mol. The van der Waals surface area contributed by atoms with Crippen LogP contribution in [0.2, 0.25) is 0 Å². The van der Waals surface area contributed by atoms with Gasteiger partial charge in [-0.1, -0.05) is 36.4 Å². The molecule has 4 nitrogen and oxygen atoms in total. The Hall–Kier alpha value is -2.88. The normalized spacial score (nSPS) is 19.2. The highest BCUT2D eigenvalue weighted by molar-refractivity contribution is 6.00. The molecule has 132 valence electrons. The maximum Gasteiger partial charge on any atom is 0.303 e. The first kappa shape index (κ1) is 16.6. The molecule has 4 rings (SSSR count). The summed E-state index contributed by atoms with van der Waals surface area (Å²) >= 11 is 0. The van der Waals surface area contributed by atoms with E-state index in [-0.39, 0.29) is 11.9 Å². The van der Waals surface area contributed by atoms with Crippen LogP contribution in [0.4, 0.5) is 0 Å². The number of ether oxygens (including phenoxy) is 2. The molecule has 4 heteroatoms. The number of hydrogen-bond donors (Lipinski definition) is 0. The van der Waals surface area contributed by atoms with Crippen molar-refractivity contribution in [3.05, 3.63) is 59.7 Å². The zero-order valence-corrected chi connectivity index (χ0v) is 14.8. The molecule has 3 aromatic carbocycles. The van der Waals surface area contributed by atoms with Gasteiger partial charge in [0.15, 0.2) is 6.10 Å². The maximum atomic E-state index is 11.6. The van der Waals surface area contributed by atoms with Crippen molar-refractivity contribution < 1.29 is 19.1 Å². The van der Waals surface area contributed by atoms with E-state index >= 15 is 0 Å². The number of fused-ring (bicyclic) bond motifs is 4. The Morgan fingerprint density at radius 1 is 0.885 bits per heavy atom. The van der Waals surface area contributed by atoms with Crippen molar-refractivity contribution in [3.8, 4) is 0 Å². The topological polar surface area (TPSA) is 52.6 Å². The van der Waals surface area contributed by atoms with Gasteiger partial charge < -0.3 is 9.47 Å². The highest BCUT2D eigenvalue weighted by Crippen LogP contribution is 2.39. The van der Waals surface area contributed by atoms with Crippen molar-refractivity contribution in [1.29, 1.82) is 0 Å². The van der Waals surface area contributed by atoms with E-state index in [4.69, 9.17) is 9.47 Å². The molecule has 0 N–H and O–H groups in total. The molecule has 2 atom stereocenters. The van der Waals surface area contributed by atoms with Gasteiger partial charge in [0, 0.05) is 19.4 Å². The third-order valence-electron chi connectivity index (χ3n) is 4.97. The molecule has 0 amide bonds. The zero-order valence-electron chi connectivity index (χ0n) is 14.8. The van der Waals surface area contributed by atoms with Crippen LogP contribution >= 0.6 is 0 Å². The van der Waals surface area contributed by atoms with Gasteiger partial charge in [-0.25, -0.2) is 0 Å². The van der Waals surface area contributed by atoms with Crippen molar-refractivity contribution in [2.45, 2.75) is 38.9 Å². The third-order valence-corrected chi connectivity index (χ3v) is 4.97. The van der Waals surface area contributed by atoms with E-state index in [9.17, 15) is 9.59 Å². The molecule has 0 unspecified atom stereocenters. The lowest BCUT2D eigenvalue weighted by molar-refractivity contribution is -0.167. The van der Waals surface area contributed by atoms with Gasteiger partial charge in [-0.2, -0.15) is 0 Å². The van der Waals surface area contributed by atoms with Crippen molar-refractivity contribution in [3.63, 3.8) is 0 Å². The smallest absolute Gasteiger partial charge is 0.303 e. The summed E-state index contributed by atoms with van der Waals surface area (Å²) in [5.74, 6) is -0.735. The second kappa shape index (κ2) is 6.45.